The van der Waals surface area contributed by atoms with Crippen LogP contribution in [0.5, 0.6) is 11.8 Å². The van der Waals surface area contributed by atoms with Gasteiger partial charge in [0.15, 0.2) is 24.8 Å². The molecule has 0 aromatic carbocycles. The molecule has 38 heavy (non-hydrogen) atoms. The number of carbonyl (C=O) groups is 3. The minimum Gasteiger partial charge on any atom is -0.467 e. The van der Waals surface area contributed by atoms with Gasteiger partial charge >= 0.3 is 6.09 Å². The number of hydrogen-bond acceptors (Lipinski definition) is 10. The first-order chi connectivity index (χ1) is 18.3. The summed E-state index contributed by atoms with van der Waals surface area (Å²) in [6.07, 6.45) is 3.15. The van der Waals surface area contributed by atoms with Crippen molar-refractivity contribution in [2.45, 2.75) is 39.2 Å². The van der Waals surface area contributed by atoms with Gasteiger partial charge in [-0.3, -0.25) is 14.5 Å². The first-order valence-corrected chi connectivity index (χ1v) is 12.6. The monoisotopic (exact) mass is 525 g/mol. The van der Waals surface area contributed by atoms with Gasteiger partial charge in [0.25, 0.3) is 17.7 Å². The lowest BCUT2D eigenvalue weighted by Crippen LogP contribution is -2.30. The van der Waals surface area contributed by atoms with Crippen molar-refractivity contribution in [1.82, 2.24) is 25.6 Å². The van der Waals surface area contributed by atoms with E-state index in [1.807, 2.05) is 13.8 Å². The Hall–Kier alpha value is -4.00. The lowest BCUT2D eigenvalue weighted by Gasteiger charge is -2.18. The molecule has 3 N–H and O–H groups in total. The number of hydrogen-bond donors (Lipinski definition) is 3. The van der Waals surface area contributed by atoms with E-state index in [2.05, 4.69) is 30.9 Å². The Kier molecular flexibility index (Phi) is 7.27. The number of anilines is 2. The second-order valence-electron chi connectivity index (χ2n) is 9.65. The molecule has 1 fully saturated rings. The maximum atomic E-state index is 12.4. The van der Waals surface area contributed by atoms with Crippen LogP contribution in [-0.4, -0.2) is 78.9 Å². The summed E-state index contributed by atoms with van der Waals surface area (Å²) < 4.78 is 16.4. The highest BCUT2D eigenvalue weighted by Crippen LogP contribution is 2.34. The molecule has 2 aromatic heterocycles. The number of nitrogens with one attached hydrogen (secondary N) is 3. The third-order valence-electron chi connectivity index (χ3n) is 7.00. The molecule has 4 heterocycles. The lowest BCUT2D eigenvalue weighted by atomic mass is 10.0. The summed E-state index contributed by atoms with van der Waals surface area (Å²) >= 11 is 0. The molecule has 202 valence electrons. The van der Waals surface area contributed by atoms with Crippen molar-refractivity contribution >= 4 is 29.5 Å². The number of rotatable bonds is 9. The van der Waals surface area contributed by atoms with Crippen LogP contribution in [-0.2, 0) is 27.2 Å². The Morgan fingerprint density at radius 2 is 2.05 bits per heavy atom. The van der Waals surface area contributed by atoms with Crippen molar-refractivity contribution in [3.8, 4) is 11.8 Å². The fourth-order valence-electron chi connectivity index (χ4n) is 4.98. The molecule has 0 saturated carbocycles. The fourth-order valence-corrected chi connectivity index (χ4v) is 4.98. The Balaban J connectivity index is 1.10. The molecule has 0 bridgehead atoms. The minimum atomic E-state index is -0.494. The Morgan fingerprint density at radius 3 is 2.87 bits per heavy atom. The summed E-state index contributed by atoms with van der Waals surface area (Å²) in [5, 5.41) is 8.64. The van der Waals surface area contributed by atoms with Gasteiger partial charge in [0.1, 0.15) is 6.10 Å². The Labute approximate surface area is 219 Å². The average Bonchev–Trinajstić information content (AvgIpc) is 3.51. The van der Waals surface area contributed by atoms with E-state index in [0.717, 1.165) is 30.6 Å². The largest absolute Gasteiger partial charge is 0.467 e. The van der Waals surface area contributed by atoms with E-state index < -0.39 is 6.09 Å². The minimum absolute atomic E-state index is 0.0548. The van der Waals surface area contributed by atoms with Gasteiger partial charge in [0, 0.05) is 18.3 Å². The molecular weight excluding hydrogens is 494 g/mol. The van der Waals surface area contributed by atoms with Crippen molar-refractivity contribution in [2.75, 3.05) is 50.1 Å². The van der Waals surface area contributed by atoms with E-state index in [0.29, 0.717) is 37.1 Å². The molecule has 13 nitrogen and oxygen atoms in total. The van der Waals surface area contributed by atoms with Crippen LogP contribution in [0, 0.1) is 19.8 Å². The zero-order valence-electron chi connectivity index (χ0n) is 21.6. The normalized spacial score (nSPS) is 19.8. The van der Waals surface area contributed by atoms with Gasteiger partial charge < -0.3 is 30.2 Å². The number of nitrogens with zero attached hydrogens (tertiary/aromatic N) is 4. The number of likely N-dealkylation sites (N-methyl/N-ethyl adjacent to an activating group) is 1. The first-order valence-electron chi connectivity index (χ1n) is 12.6. The van der Waals surface area contributed by atoms with Gasteiger partial charge in [-0.25, -0.2) is 19.7 Å². The standard InChI is InChI=1S/C25H31N7O6/c1-13-17-6-15(7-18(17)14(2)29-23(13)36-11-20(33)26-3)8-27-5-4-16-10-32(25(35)38-16)19-9-28-24-22(30-19)31-21(34)12-37-24/h9,15-16,27H,4-8,10-12H2,1-3H3,(H,26,33)(H,30,31,34). The van der Waals surface area contributed by atoms with Crippen molar-refractivity contribution < 1.29 is 28.6 Å². The Morgan fingerprint density at radius 1 is 1.24 bits per heavy atom. The van der Waals surface area contributed by atoms with Crippen LogP contribution in [0.1, 0.15) is 28.8 Å². The number of aryl methyl sites for hydroxylation is 1. The molecule has 0 radical (unpaired) electrons. The molecule has 3 amide bonds. The first kappa shape index (κ1) is 25.6. The number of amides is 3. The molecule has 2 aliphatic heterocycles. The van der Waals surface area contributed by atoms with Crippen LogP contribution in [0.25, 0.3) is 0 Å². The van der Waals surface area contributed by atoms with Crippen LogP contribution in [0.4, 0.5) is 16.4 Å². The fraction of sp³-hybridized carbons (Fsp3) is 0.520. The molecule has 2 unspecified atom stereocenters. The lowest BCUT2D eigenvalue weighted by molar-refractivity contribution is -0.122. The SMILES string of the molecule is CNC(=O)COc1nc(C)c2c(c1C)CC(CNCCC1CN(c3cnc4c(n3)NC(=O)CO4)C(=O)O1)C2. The van der Waals surface area contributed by atoms with Crippen molar-refractivity contribution in [3.05, 3.63) is 28.6 Å². The van der Waals surface area contributed by atoms with Crippen LogP contribution in [0.3, 0.4) is 0 Å². The smallest absolute Gasteiger partial charge is 0.415 e. The van der Waals surface area contributed by atoms with Crippen LogP contribution in [0.15, 0.2) is 6.20 Å². The average molecular weight is 526 g/mol. The molecule has 3 aliphatic rings. The van der Waals surface area contributed by atoms with E-state index in [1.54, 1.807) is 7.05 Å². The highest BCUT2D eigenvalue weighted by Gasteiger charge is 2.34. The summed E-state index contributed by atoms with van der Waals surface area (Å²) in [6, 6.07) is 0. The maximum absolute atomic E-state index is 12.4. The Bertz CT molecular complexity index is 1270. The topological polar surface area (TPSA) is 157 Å². The third kappa shape index (κ3) is 5.32. The summed E-state index contributed by atoms with van der Waals surface area (Å²) in [7, 11) is 1.58. The van der Waals surface area contributed by atoms with Gasteiger partial charge in [-0.05, 0) is 63.2 Å². The van der Waals surface area contributed by atoms with Gasteiger partial charge in [0.2, 0.25) is 5.88 Å². The van der Waals surface area contributed by atoms with E-state index >= 15 is 0 Å². The van der Waals surface area contributed by atoms with E-state index in [4.69, 9.17) is 14.2 Å². The quantitative estimate of drug-likeness (QED) is 0.398. The van der Waals surface area contributed by atoms with Gasteiger partial charge in [-0.15, -0.1) is 0 Å². The van der Waals surface area contributed by atoms with E-state index in [9.17, 15) is 14.4 Å². The van der Waals surface area contributed by atoms with Crippen LogP contribution >= 0.6 is 0 Å². The molecule has 2 aromatic rings. The molecule has 2 atom stereocenters. The molecule has 13 heteroatoms. The van der Waals surface area contributed by atoms with E-state index in [-0.39, 0.29) is 42.8 Å². The highest BCUT2D eigenvalue weighted by atomic mass is 16.6. The molecule has 1 saturated heterocycles. The van der Waals surface area contributed by atoms with Gasteiger partial charge in [-0.2, -0.15) is 0 Å². The third-order valence-corrected chi connectivity index (χ3v) is 7.00. The van der Waals surface area contributed by atoms with E-state index in [1.165, 1.54) is 22.2 Å². The molecule has 5 rings (SSSR count). The van der Waals surface area contributed by atoms with Crippen LogP contribution < -0.4 is 30.3 Å². The van der Waals surface area contributed by atoms with Crippen LogP contribution in [0.2, 0.25) is 0 Å². The molecule has 0 spiro atoms. The van der Waals surface area contributed by atoms with Crippen molar-refractivity contribution in [1.29, 1.82) is 0 Å². The molecule has 1 aliphatic carbocycles. The number of cyclic esters (lactones) is 1. The summed E-state index contributed by atoms with van der Waals surface area (Å²) in [5.41, 5.74) is 4.44. The zero-order chi connectivity index (χ0) is 26.8. The second kappa shape index (κ2) is 10.8. The van der Waals surface area contributed by atoms with Crippen molar-refractivity contribution in [2.24, 2.45) is 5.92 Å². The predicted octanol–water partition coefficient (Wildman–Crippen LogP) is 0.664. The van der Waals surface area contributed by atoms with Crippen molar-refractivity contribution in [3.63, 3.8) is 0 Å². The van der Waals surface area contributed by atoms with Gasteiger partial charge in [0.05, 0.1) is 12.7 Å². The molecular formula is C25H31N7O6. The highest BCUT2D eigenvalue weighted by molar-refractivity contribution is 5.94. The maximum Gasteiger partial charge on any atom is 0.415 e. The zero-order valence-corrected chi connectivity index (χ0v) is 21.6. The van der Waals surface area contributed by atoms with Gasteiger partial charge in [-0.1, -0.05) is 0 Å². The summed E-state index contributed by atoms with van der Waals surface area (Å²) in [5.74, 6) is 1.15. The number of aromatic nitrogens is 3. The summed E-state index contributed by atoms with van der Waals surface area (Å²) in [4.78, 5) is 50.0. The number of fused-ring (bicyclic) bond motifs is 2. The number of ether oxygens (including phenoxy) is 3. The predicted molar refractivity (Wildman–Crippen MR) is 135 cm³/mol. The summed E-state index contributed by atoms with van der Waals surface area (Å²) in [6.45, 7) is 5.67. The number of carbonyl (C=O) groups excluding carboxylic acids is 3. The second-order valence-corrected chi connectivity index (χ2v) is 9.65. The number of pyridine rings is 1.